The number of esters is 1. The quantitative estimate of drug-likeness (QED) is 0.772. The third-order valence-corrected chi connectivity index (χ3v) is 4.57. The number of carbonyl (C=O) groups excluding carboxylic acids is 2. The SMILES string of the molecule is CC(OC(=O)c1ccccc1Br)C(=O)N1CCc2ccccc21. The van der Waals surface area contributed by atoms with E-state index in [2.05, 4.69) is 15.9 Å². The van der Waals surface area contributed by atoms with Crippen LogP contribution in [0.25, 0.3) is 0 Å². The van der Waals surface area contributed by atoms with Crippen LogP contribution < -0.4 is 4.90 Å². The molecule has 0 saturated heterocycles. The number of hydrogen-bond donors (Lipinski definition) is 0. The van der Waals surface area contributed by atoms with E-state index in [9.17, 15) is 9.59 Å². The molecule has 1 atom stereocenters. The summed E-state index contributed by atoms with van der Waals surface area (Å²) in [6, 6.07) is 14.8. The molecule has 1 aliphatic heterocycles. The van der Waals surface area contributed by atoms with Gasteiger partial charge < -0.3 is 9.64 Å². The van der Waals surface area contributed by atoms with Gasteiger partial charge in [-0.2, -0.15) is 0 Å². The second-order valence-electron chi connectivity index (χ2n) is 5.40. The number of nitrogens with zero attached hydrogens (tertiary/aromatic N) is 1. The van der Waals surface area contributed by atoms with Gasteiger partial charge in [-0.25, -0.2) is 4.79 Å². The van der Waals surface area contributed by atoms with E-state index in [1.165, 1.54) is 0 Å². The van der Waals surface area contributed by atoms with Crippen molar-refractivity contribution in [2.24, 2.45) is 0 Å². The molecule has 23 heavy (non-hydrogen) atoms. The van der Waals surface area contributed by atoms with Crippen LogP contribution in [0.15, 0.2) is 53.0 Å². The molecule has 4 nitrogen and oxygen atoms in total. The summed E-state index contributed by atoms with van der Waals surface area (Å²) in [5, 5.41) is 0. The van der Waals surface area contributed by atoms with Gasteiger partial charge >= 0.3 is 5.97 Å². The van der Waals surface area contributed by atoms with Crippen molar-refractivity contribution in [3.05, 3.63) is 64.1 Å². The van der Waals surface area contributed by atoms with E-state index in [1.54, 1.807) is 30.0 Å². The molecule has 0 N–H and O–H groups in total. The van der Waals surface area contributed by atoms with E-state index in [0.29, 0.717) is 16.6 Å². The molecule has 3 rings (SSSR count). The Kier molecular flexibility index (Phi) is 4.48. The maximum atomic E-state index is 12.6. The highest BCUT2D eigenvalue weighted by Crippen LogP contribution is 2.28. The molecule has 0 aromatic heterocycles. The predicted molar refractivity (Wildman–Crippen MR) is 91.5 cm³/mol. The fourth-order valence-electron chi connectivity index (χ4n) is 2.69. The number of benzene rings is 2. The lowest BCUT2D eigenvalue weighted by atomic mass is 10.2. The van der Waals surface area contributed by atoms with Gasteiger partial charge in [0.1, 0.15) is 0 Å². The number of halogens is 1. The smallest absolute Gasteiger partial charge is 0.340 e. The van der Waals surface area contributed by atoms with Crippen molar-refractivity contribution in [2.45, 2.75) is 19.4 Å². The van der Waals surface area contributed by atoms with Crippen LogP contribution >= 0.6 is 15.9 Å². The van der Waals surface area contributed by atoms with Crippen LogP contribution in [0.3, 0.4) is 0 Å². The second-order valence-corrected chi connectivity index (χ2v) is 6.25. The van der Waals surface area contributed by atoms with Crippen LogP contribution in [0.4, 0.5) is 5.69 Å². The molecule has 0 saturated carbocycles. The number of amides is 1. The van der Waals surface area contributed by atoms with Gasteiger partial charge in [-0.1, -0.05) is 30.3 Å². The van der Waals surface area contributed by atoms with Crippen molar-refractivity contribution in [1.29, 1.82) is 0 Å². The lowest BCUT2D eigenvalue weighted by molar-refractivity contribution is -0.126. The first-order valence-corrected chi connectivity index (χ1v) is 8.22. The maximum Gasteiger partial charge on any atom is 0.340 e. The van der Waals surface area contributed by atoms with Crippen LogP contribution in [0, 0.1) is 0 Å². The Balaban J connectivity index is 1.72. The van der Waals surface area contributed by atoms with Crippen molar-refractivity contribution in [3.8, 4) is 0 Å². The van der Waals surface area contributed by atoms with Crippen LogP contribution in [0.2, 0.25) is 0 Å². The van der Waals surface area contributed by atoms with Gasteiger partial charge in [-0.15, -0.1) is 0 Å². The highest BCUT2D eigenvalue weighted by atomic mass is 79.9. The predicted octanol–water partition coefficient (Wildman–Crippen LogP) is 3.58. The van der Waals surface area contributed by atoms with Crippen molar-refractivity contribution >= 4 is 33.5 Å². The van der Waals surface area contributed by atoms with E-state index in [1.807, 2.05) is 30.3 Å². The van der Waals surface area contributed by atoms with Gasteiger partial charge in [0.25, 0.3) is 5.91 Å². The van der Waals surface area contributed by atoms with Gasteiger partial charge in [0.05, 0.1) is 5.56 Å². The maximum absolute atomic E-state index is 12.6. The third kappa shape index (κ3) is 3.15. The molecule has 0 spiro atoms. The van der Waals surface area contributed by atoms with Gasteiger partial charge in [-0.05, 0) is 53.0 Å². The number of anilines is 1. The van der Waals surface area contributed by atoms with Crippen LogP contribution in [-0.2, 0) is 16.0 Å². The molecule has 1 amide bonds. The van der Waals surface area contributed by atoms with Gasteiger partial charge in [0.15, 0.2) is 6.10 Å². The van der Waals surface area contributed by atoms with Crippen LogP contribution in [0.5, 0.6) is 0 Å². The first-order chi connectivity index (χ1) is 11.1. The Labute approximate surface area is 143 Å². The van der Waals surface area contributed by atoms with Gasteiger partial charge in [-0.3, -0.25) is 4.79 Å². The van der Waals surface area contributed by atoms with E-state index in [4.69, 9.17) is 4.74 Å². The average molecular weight is 374 g/mol. The molecule has 5 heteroatoms. The topological polar surface area (TPSA) is 46.6 Å². The molecule has 2 aromatic carbocycles. The summed E-state index contributed by atoms with van der Waals surface area (Å²) < 4.78 is 6.00. The monoisotopic (exact) mass is 373 g/mol. The third-order valence-electron chi connectivity index (χ3n) is 3.88. The number of hydrogen-bond acceptors (Lipinski definition) is 3. The Morgan fingerprint density at radius 2 is 1.83 bits per heavy atom. The van der Waals surface area contributed by atoms with E-state index in [0.717, 1.165) is 17.7 Å². The number of fused-ring (bicyclic) bond motifs is 1. The zero-order chi connectivity index (χ0) is 16.4. The summed E-state index contributed by atoms with van der Waals surface area (Å²) in [5.74, 6) is -0.707. The molecular weight excluding hydrogens is 358 g/mol. The summed E-state index contributed by atoms with van der Waals surface area (Å²) in [6.07, 6.45) is -0.00642. The van der Waals surface area contributed by atoms with Crippen molar-refractivity contribution in [1.82, 2.24) is 0 Å². The lowest BCUT2D eigenvalue weighted by Gasteiger charge is -2.21. The Hall–Kier alpha value is -2.14. The summed E-state index contributed by atoms with van der Waals surface area (Å²) in [4.78, 5) is 26.5. The first kappa shape index (κ1) is 15.7. The second kappa shape index (κ2) is 6.54. The first-order valence-electron chi connectivity index (χ1n) is 7.42. The molecule has 1 unspecified atom stereocenters. The summed E-state index contributed by atoms with van der Waals surface area (Å²) in [7, 11) is 0. The lowest BCUT2D eigenvalue weighted by Crippen LogP contribution is -2.39. The summed E-state index contributed by atoms with van der Waals surface area (Å²) in [6.45, 7) is 2.23. The number of para-hydroxylation sites is 1. The molecule has 2 aromatic rings. The Morgan fingerprint density at radius 3 is 2.61 bits per heavy atom. The molecular formula is C18H16BrNO3. The van der Waals surface area contributed by atoms with Crippen molar-refractivity contribution < 1.29 is 14.3 Å². The van der Waals surface area contributed by atoms with E-state index >= 15 is 0 Å². The molecule has 0 radical (unpaired) electrons. The molecule has 0 fully saturated rings. The van der Waals surface area contributed by atoms with Gasteiger partial charge in [0.2, 0.25) is 0 Å². The minimum Gasteiger partial charge on any atom is -0.449 e. The fraction of sp³-hybridized carbons (Fsp3) is 0.222. The standard InChI is InChI=1S/C18H16BrNO3/c1-12(23-18(22)14-7-3-4-8-15(14)19)17(21)20-11-10-13-6-2-5-9-16(13)20/h2-9,12H,10-11H2,1H3. The summed E-state index contributed by atoms with van der Waals surface area (Å²) in [5.41, 5.74) is 2.46. The molecule has 1 aliphatic rings. The largest absolute Gasteiger partial charge is 0.449 e. The zero-order valence-electron chi connectivity index (χ0n) is 12.7. The minimum absolute atomic E-state index is 0.199. The molecule has 1 heterocycles. The number of rotatable bonds is 3. The van der Waals surface area contributed by atoms with Crippen molar-refractivity contribution in [2.75, 3.05) is 11.4 Å². The normalized spacial score (nSPS) is 14.3. The van der Waals surface area contributed by atoms with E-state index < -0.39 is 12.1 Å². The van der Waals surface area contributed by atoms with Gasteiger partial charge in [0, 0.05) is 16.7 Å². The van der Waals surface area contributed by atoms with Crippen molar-refractivity contribution in [3.63, 3.8) is 0 Å². The average Bonchev–Trinajstić information content (AvgIpc) is 2.98. The fourth-order valence-corrected chi connectivity index (χ4v) is 3.13. The van der Waals surface area contributed by atoms with E-state index in [-0.39, 0.29) is 5.91 Å². The molecule has 0 bridgehead atoms. The number of carbonyl (C=O) groups is 2. The Morgan fingerprint density at radius 1 is 1.13 bits per heavy atom. The van der Waals surface area contributed by atoms with Crippen LogP contribution in [-0.4, -0.2) is 24.5 Å². The number of ether oxygens (including phenoxy) is 1. The summed E-state index contributed by atoms with van der Waals surface area (Å²) >= 11 is 3.32. The highest BCUT2D eigenvalue weighted by Gasteiger charge is 2.30. The molecule has 118 valence electrons. The Bertz CT molecular complexity index is 759. The molecule has 0 aliphatic carbocycles. The minimum atomic E-state index is -0.833. The zero-order valence-corrected chi connectivity index (χ0v) is 14.2. The highest BCUT2D eigenvalue weighted by molar-refractivity contribution is 9.10. The van der Waals surface area contributed by atoms with Crippen LogP contribution in [0.1, 0.15) is 22.8 Å².